The third-order valence-corrected chi connectivity index (χ3v) is 4.31. The van der Waals surface area contributed by atoms with Crippen LogP contribution in [0.15, 0.2) is 55.1 Å². The fourth-order valence-corrected chi connectivity index (χ4v) is 2.99. The van der Waals surface area contributed by atoms with Gasteiger partial charge in [-0.25, -0.2) is 0 Å². The molecule has 2 aromatic rings. The first-order valence-electron chi connectivity index (χ1n) is 7.47. The molecule has 0 N–H and O–H groups in total. The van der Waals surface area contributed by atoms with E-state index in [4.69, 9.17) is 0 Å². The maximum atomic E-state index is 4.27. The van der Waals surface area contributed by atoms with Crippen molar-refractivity contribution in [3.63, 3.8) is 0 Å². The summed E-state index contributed by atoms with van der Waals surface area (Å²) in [6.07, 6.45) is 2.22. The molecule has 3 rings (SSSR count). The SMILES string of the molecule is C=C1CCC(C)(C)c2cccc(C#Cc3ccccc3)c21. The minimum Gasteiger partial charge on any atom is -0.0952 e. The van der Waals surface area contributed by atoms with Crippen molar-refractivity contribution in [2.24, 2.45) is 0 Å². The van der Waals surface area contributed by atoms with Crippen LogP contribution in [0.5, 0.6) is 0 Å². The molecule has 0 unspecified atom stereocenters. The van der Waals surface area contributed by atoms with Crippen molar-refractivity contribution in [3.05, 3.63) is 77.4 Å². The lowest BCUT2D eigenvalue weighted by molar-refractivity contribution is 0.474. The Balaban J connectivity index is 2.10. The van der Waals surface area contributed by atoms with Crippen LogP contribution in [0.2, 0.25) is 0 Å². The zero-order valence-corrected chi connectivity index (χ0v) is 12.7. The highest BCUT2D eigenvalue weighted by Gasteiger charge is 2.29. The van der Waals surface area contributed by atoms with Gasteiger partial charge in [-0.05, 0) is 53.2 Å². The molecule has 0 aromatic heterocycles. The van der Waals surface area contributed by atoms with Gasteiger partial charge in [-0.15, -0.1) is 0 Å². The zero-order valence-electron chi connectivity index (χ0n) is 12.7. The number of benzene rings is 2. The average molecular weight is 272 g/mol. The summed E-state index contributed by atoms with van der Waals surface area (Å²) in [5.41, 5.74) is 6.25. The second-order valence-electron chi connectivity index (χ2n) is 6.33. The van der Waals surface area contributed by atoms with Crippen molar-refractivity contribution in [2.75, 3.05) is 0 Å². The van der Waals surface area contributed by atoms with Gasteiger partial charge in [0.15, 0.2) is 0 Å². The molecule has 0 fully saturated rings. The third-order valence-electron chi connectivity index (χ3n) is 4.31. The topological polar surface area (TPSA) is 0 Å². The molecule has 1 aliphatic carbocycles. The summed E-state index contributed by atoms with van der Waals surface area (Å²) in [4.78, 5) is 0. The lowest BCUT2D eigenvalue weighted by Gasteiger charge is -2.34. The molecule has 2 aromatic carbocycles. The molecule has 0 heterocycles. The quantitative estimate of drug-likeness (QED) is 0.580. The first-order valence-corrected chi connectivity index (χ1v) is 7.47. The van der Waals surface area contributed by atoms with E-state index in [1.165, 1.54) is 16.7 Å². The number of allylic oxidation sites excluding steroid dienone is 1. The van der Waals surface area contributed by atoms with Crippen LogP contribution in [0, 0.1) is 11.8 Å². The van der Waals surface area contributed by atoms with Crippen molar-refractivity contribution < 1.29 is 0 Å². The van der Waals surface area contributed by atoms with E-state index in [9.17, 15) is 0 Å². The maximum absolute atomic E-state index is 4.27. The summed E-state index contributed by atoms with van der Waals surface area (Å²) in [5, 5.41) is 0. The summed E-state index contributed by atoms with van der Waals surface area (Å²) in [6, 6.07) is 16.6. The largest absolute Gasteiger partial charge is 0.0952 e. The first kappa shape index (κ1) is 13.7. The van der Waals surface area contributed by atoms with Crippen molar-refractivity contribution in [1.29, 1.82) is 0 Å². The van der Waals surface area contributed by atoms with Crippen LogP contribution in [0.3, 0.4) is 0 Å². The average Bonchev–Trinajstić information content (AvgIpc) is 2.50. The fourth-order valence-electron chi connectivity index (χ4n) is 2.99. The first-order chi connectivity index (χ1) is 10.1. The number of hydrogen-bond acceptors (Lipinski definition) is 0. The predicted octanol–water partition coefficient (Wildman–Crippen LogP) is 5.17. The molecular weight excluding hydrogens is 252 g/mol. The molecule has 0 atom stereocenters. The molecule has 0 aliphatic heterocycles. The Kier molecular flexibility index (Phi) is 3.43. The van der Waals surface area contributed by atoms with Crippen LogP contribution in [-0.4, -0.2) is 0 Å². The van der Waals surface area contributed by atoms with Gasteiger partial charge in [-0.3, -0.25) is 0 Å². The normalized spacial score (nSPS) is 15.8. The Labute approximate surface area is 127 Å². The summed E-state index contributed by atoms with van der Waals surface area (Å²) in [7, 11) is 0. The van der Waals surface area contributed by atoms with Crippen LogP contribution >= 0.6 is 0 Å². The van der Waals surface area contributed by atoms with E-state index < -0.39 is 0 Å². The molecule has 1 aliphatic rings. The Hall–Kier alpha value is -2.26. The van der Waals surface area contributed by atoms with Gasteiger partial charge >= 0.3 is 0 Å². The third kappa shape index (κ3) is 2.65. The van der Waals surface area contributed by atoms with Crippen LogP contribution in [0.1, 0.15) is 48.9 Å². The van der Waals surface area contributed by atoms with Crippen LogP contribution < -0.4 is 0 Å². The van der Waals surface area contributed by atoms with Gasteiger partial charge in [-0.1, -0.05) is 62.6 Å². The molecular formula is C21H20. The van der Waals surface area contributed by atoms with E-state index in [1.807, 2.05) is 30.3 Å². The highest BCUT2D eigenvalue weighted by Crippen LogP contribution is 2.42. The Bertz CT molecular complexity index is 737. The van der Waals surface area contributed by atoms with Crippen LogP contribution in [-0.2, 0) is 5.41 Å². The fraction of sp³-hybridized carbons (Fsp3) is 0.238. The number of fused-ring (bicyclic) bond motifs is 1. The van der Waals surface area contributed by atoms with Crippen molar-refractivity contribution in [1.82, 2.24) is 0 Å². The smallest absolute Gasteiger partial charge is 0.0327 e. The minimum atomic E-state index is 0.209. The van der Waals surface area contributed by atoms with Gasteiger partial charge in [-0.2, -0.15) is 0 Å². The highest BCUT2D eigenvalue weighted by atomic mass is 14.3. The Morgan fingerprint density at radius 2 is 1.71 bits per heavy atom. The van der Waals surface area contributed by atoms with E-state index in [-0.39, 0.29) is 5.41 Å². The lowest BCUT2D eigenvalue weighted by atomic mass is 9.70. The van der Waals surface area contributed by atoms with Crippen molar-refractivity contribution in [2.45, 2.75) is 32.1 Å². The molecule has 21 heavy (non-hydrogen) atoms. The summed E-state index contributed by atoms with van der Waals surface area (Å²) in [5.74, 6) is 6.61. The maximum Gasteiger partial charge on any atom is 0.0327 e. The lowest BCUT2D eigenvalue weighted by Crippen LogP contribution is -2.23. The van der Waals surface area contributed by atoms with Gasteiger partial charge in [0.05, 0.1) is 0 Å². The Morgan fingerprint density at radius 3 is 2.48 bits per heavy atom. The predicted molar refractivity (Wildman–Crippen MR) is 90.2 cm³/mol. The molecule has 0 saturated carbocycles. The molecule has 0 saturated heterocycles. The van der Waals surface area contributed by atoms with E-state index in [0.717, 1.165) is 24.0 Å². The summed E-state index contributed by atoms with van der Waals surface area (Å²) in [6.45, 7) is 8.89. The van der Waals surface area contributed by atoms with Crippen molar-refractivity contribution >= 4 is 5.57 Å². The van der Waals surface area contributed by atoms with Crippen LogP contribution in [0.25, 0.3) is 5.57 Å². The molecule has 0 amide bonds. The molecule has 0 radical (unpaired) electrons. The highest BCUT2D eigenvalue weighted by molar-refractivity contribution is 5.75. The van der Waals surface area contributed by atoms with Gasteiger partial charge < -0.3 is 0 Å². The summed E-state index contributed by atoms with van der Waals surface area (Å²) < 4.78 is 0. The second kappa shape index (κ2) is 5.26. The number of hydrogen-bond donors (Lipinski definition) is 0. The monoisotopic (exact) mass is 272 g/mol. The second-order valence-corrected chi connectivity index (χ2v) is 6.33. The van der Waals surface area contributed by atoms with Gasteiger partial charge in [0, 0.05) is 11.1 Å². The number of rotatable bonds is 0. The summed E-state index contributed by atoms with van der Waals surface area (Å²) >= 11 is 0. The standard InChI is InChI=1S/C21H20/c1-16-14-15-21(2,3)19-11-7-10-18(20(16)19)13-12-17-8-5-4-6-9-17/h4-11H,1,14-15H2,2-3H3. The van der Waals surface area contributed by atoms with E-state index in [0.29, 0.717) is 0 Å². The molecule has 0 nitrogen and oxygen atoms in total. The molecule has 0 spiro atoms. The zero-order chi connectivity index (χ0) is 14.9. The van der Waals surface area contributed by atoms with Gasteiger partial charge in [0.25, 0.3) is 0 Å². The van der Waals surface area contributed by atoms with E-state index >= 15 is 0 Å². The molecule has 0 bridgehead atoms. The molecule has 104 valence electrons. The van der Waals surface area contributed by atoms with Crippen LogP contribution in [0.4, 0.5) is 0 Å². The van der Waals surface area contributed by atoms with Crippen molar-refractivity contribution in [3.8, 4) is 11.8 Å². The van der Waals surface area contributed by atoms with Gasteiger partial charge in [0.1, 0.15) is 0 Å². The van der Waals surface area contributed by atoms with E-state index in [2.05, 4.69) is 50.5 Å². The van der Waals surface area contributed by atoms with E-state index in [1.54, 1.807) is 0 Å². The Morgan fingerprint density at radius 1 is 0.952 bits per heavy atom. The minimum absolute atomic E-state index is 0.209. The molecule has 0 heteroatoms. The van der Waals surface area contributed by atoms with Gasteiger partial charge in [0.2, 0.25) is 0 Å².